The van der Waals surface area contributed by atoms with Gasteiger partial charge in [-0.1, -0.05) is 32.0 Å². The van der Waals surface area contributed by atoms with Crippen molar-refractivity contribution in [2.45, 2.75) is 39.3 Å². The Morgan fingerprint density at radius 2 is 2.00 bits per heavy atom. The molecule has 0 aliphatic carbocycles. The minimum Gasteiger partial charge on any atom is -0.395 e. The molecule has 0 fully saturated rings. The monoisotopic (exact) mass is 257 g/mol. The predicted molar refractivity (Wildman–Crippen MR) is 68.6 cm³/mol. The van der Waals surface area contributed by atoms with Gasteiger partial charge >= 0.3 is 0 Å². The summed E-state index contributed by atoms with van der Waals surface area (Å²) in [7, 11) is 0. The first-order valence-corrected chi connectivity index (χ1v) is 6.24. The number of nitrogens with one attached hydrogen (secondary N) is 1. The fourth-order valence-electron chi connectivity index (χ4n) is 1.89. The molecule has 0 heterocycles. The molecule has 1 aromatic carbocycles. The van der Waals surface area contributed by atoms with Gasteiger partial charge in [-0.05, 0) is 24.0 Å². The summed E-state index contributed by atoms with van der Waals surface area (Å²) >= 11 is 0. The normalized spacial score (nSPS) is 13.3. The predicted octanol–water partition coefficient (Wildman–Crippen LogP) is 3.12. The lowest BCUT2D eigenvalue weighted by Gasteiger charge is -2.18. The van der Waals surface area contributed by atoms with Crippen LogP contribution >= 0.6 is 0 Å². The molecule has 0 bridgehead atoms. The van der Waals surface area contributed by atoms with E-state index in [1.165, 1.54) is 12.1 Å². The van der Waals surface area contributed by atoms with Crippen LogP contribution in [-0.2, 0) is 6.54 Å². The highest BCUT2D eigenvalue weighted by Crippen LogP contribution is 2.19. The molecule has 1 rings (SSSR count). The van der Waals surface area contributed by atoms with Gasteiger partial charge in [0.1, 0.15) is 0 Å². The second-order valence-electron chi connectivity index (χ2n) is 4.94. The van der Waals surface area contributed by atoms with Crippen LogP contribution in [0, 0.1) is 5.92 Å². The summed E-state index contributed by atoms with van der Waals surface area (Å²) in [4.78, 5) is 0. The van der Waals surface area contributed by atoms with E-state index < -0.39 is 6.43 Å². The van der Waals surface area contributed by atoms with Gasteiger partial charge in [0.2, 0.25) is 0 Å². The van der Waals surface area contributed by atoms with Gasteiger partial charge in [-0.3, -0.25) is 0 Å². The Bertz CT molecular complexity index is 355. The van der Waals surface area contributed by atoms with E-state index in [0.717, 1.165) is 12.0 Å². The Labute approximate surface area is 107 Å². The fourth-order valence-corrected chi connectivity index (χ4v) is 1.89. The number of hydrogen-bond acceptors (Lipinski definition) is 2. The zero-order chi connectivity index (χ0) is 13.5. The minimum absolute atomic E-state index is 0.0141. The molecule has 0 amide bonds. The van der Waals surface area contributed by atoms with E-state index in [-0.39, 0.29) is 18.2 Å². The molecule has 4 heteroatoms. The Morgan fingerprint density at radius 1 is 1.28 bits per heavy atom. The van der Waals surface area contributed by atoms with Gasteiger partial charge in [0.05, 0.1) is 6.61 Å². The Morgan fingerprint density at radius 3 is 2.56 bits per heavy atom. The van der Waals surface area contributed by atoms with Crippen LogP contribution in [0.25, 0.3) is 0 Å². The molecule has 1 atom stereocenters. The molecule has 0 spiro atoms. The highest BCUT2D eigenvalue weighted by Gasteiger charge is 2.10. The SMILES string of the molecule is CC(C)CC(CO)NCc1cccc(C(F)F)c1. The van der Waals surface area contributed by atoms with E-state index in [4.69, 9.17) is 0 Å². The zero-order valence-corrected chi connectivity index (χ0v) is 10.9. The quantitative estimate of drug-likeness (QED) is 0.786. The van der Waals surface area contributed by atoms with Crippen molar-refractivity contribution in [3.05, 3.63) is 35.4 Å². The summed E-state index contributed by atoms with van der Waals surface area (Å²) in [6.07, 6.45) is -1.57. The number of rotatable bonds is 7. The summed E-state index contributed by atoms with van der Waals surface area (Å²) in [6, 6.07) is 6.38. The van der Waals surface area contributed by atoms with E-state index in [1.54, 1.807) is 6.07 Å². The van der Waals surface area contributed by atoms with Crippen molar-refractivity contribution < 1.29 is 13.9 Å². The van der Waals surface area contributed by atoms with Gasteiger partial charge < -0.3 is 10.4 Å². The van der Waals surface area contributed by atoms with E-state index >= 15 is 0 Å². The van der Waals surface area contributed by atoms with Gasteiger partial charge in [0, 0.05) is 18.2 Å². The van der Waals surface area contributed by atoms with Crippen molar-refractivity contribution in [1.29, 1.82) is 0 Å². The van der Waals surface area contributed by atoms with Crippen molar-refractivity contribution in [3.8, 4) is 0 Å². The van der Waals surface area contributed by atoms with E-state index in [9.17, 15) is 13.9 Å². The molecule has 1 aromatic rings. The summed E-state index contributed by atoms with van der Waals surface area (Å²) in [5, 5.41) is 12.4. The lowest BCUT2D eigenvalue weighted by Crippen LogP contribution is -2.33. The first kappa shape index (κ1) is 15.1. The Kier molecular flexibility index (Phi) is 6.22. The molecule has 0 aromatic heterocycles. The molecule has 2 nitrogen and oxygen atoms in total. The molecular formula is C14H21F2NO. The second-order valence-corrected chi connectivity index (χ2v) is 4.94. The average Bonchev–Trinajstić information content (AvgIpc) is 2.34. The van der Waals surface area contributed by atoms with Gasteiger partial charge in [-0.25, -0.2) is 8.78 Å². The van der Waals surface area contributed by atoms with Crippen molar-refractivity contribution in [2.75, 3.05) is 6.61 Å². The highest BCUT2D eigenvalue weighted by molar-refractivity contribution is 5.24. The highest BCUT2D eigenvalue weighted by atomic mass is 19.3. The molecule has 0 aliphatic rings. The Hall–Kier alpha value is -1.00. The lowest BCUT2D eigenvalue weighted by atomic mass is 10.0. The van der Waals surface area contributed by atoms with Crippen molar-refractivity contribution in [1.82, 2.24) is 5.32 Å². The lowest BCUT2D eigenvalue weighted by molar-refractivity contribution is 0.151. The number of alkyl halides is 2. The van der Waals surface area contributed by atoms with Crippen LogP contribution in [-0.4, -0.2) is 17.8 Å². The minimum atomic E-state index is -2.44. The number of aliphatic hydroxyl groups excluding tert-OH is 1. The van der Waals surface area contributed by atoms with E-state index in [2.05, 4.69) is 19.2 Å². The summed E-state index contributed by atoms with van der Waals surface area (Å²) < 4.78 is 25.0. The molecule has 18 heavy (non-hydrogen) atoms. The summed E-state index contributed by atoms with van der Waals surface area (Å²) in [5.41, 5.74) is 0.855. The molecule has 2 N–H and O–H groups in total. The molecule has 0 radical (unpaired) electrons. The first-order valence-electron chi connectivity index (χ1n) is 6.24. The maximum absolute atomic E-state index is 12.5. The molecule has 0 saturated heterocycles. The van der Waals surface area contributed by atoms with Crippen LogP contribution in [0.1, 0.15) is 37.8 Å². The maximum atomic E-state index is 12.5. The van der Waals surface area contributed by atoms with E-state index in [0.29, 0.717) is 12.5 Å². The largest absolute Gasteiger partial charge is 0.395 e. The summed E-state index contributed by atoms with van der Waals surface area (Å²) in [5.74, 6) is 0.488. The molecule has 102 valence electrons. The number of benzene rings is 1. The molecule has 0 aliphatic heterocycles. The molecule has 0 saturated carbocycles. The standard InChI is InChI=1S/C14H21F2NO/c1-10(2)6-13(9-18)17-8-11-4-3-5-12(7-11)14(15)16/h3-5,7,10,13-14,17-18H,6,8-9H2,1-2H3. The summed E-state index contributed by atoms with van der Waals surface area (Å²) in [6.45, 7) is 4.73. The third-order valence-electron chi connectivity index (χ3n) is 2.77. The average molecular weight is 257 g/mol. The number of hydrogen-bond donors (Lipinski definition) is 2. The van der Waals surface area contributed by atoms with Crippen LogP contribution in [0.15, 0.2) is 24.3 Å². The van der Waals surface area contributed by atoms with E-state index in [1.807, 2.05) is 6.07 Å². The van der Waals surface area contributed by atoms with Crippen molar-refractivity contribution in [2.24, 2.45) is 5.92 Å². The zero-order valence-electron chi connectivity index (χ0n) is 10.9. The number of halogens is 2. The van der Waals surface area contributed by atoms with Crippen molar-refractivity contribution in [3.63, 3.8) is 0 Å². The van der Waals surface area contributed by atoms with Crippen LogP contribution in [0.5, 0.6) is 0 Å². The van der Waals surface area contributed by atoms with Crippen LogP contribution in [0.2, 0.25) is 0 Å². The molecular weight excluding hydrogens is 236 g/mol. The Balaban J connectivity index is 2.54. The van der Waals surface area contributed by atoms with Gasteiger partial charge in [0.15, 0.2) is 0 Å². The first-order chi connectivity index (χ1) is 8.52. The third-order valence-corrected chi connectivity index (χ3v) is 2.77. The maximum Gasteiger partial charge on any atom is 0.263 e. The van der Waals surface area contributed by atoms with Gasteiger partial charge in [-0.15, -0.1) is 0 Å². The smallest absolute Gasteiger partial charge is 0.263 e. The van der Waals surface area contributed by atoms with Gasteiger partial charge in [-0.2, -0.15) is 0 Å². The second kappa shape index (κ2) is 7.44. The number of aliphatic hydroxyl groups is 1. The van der Waals surface area contributed by atoms with Crippen LogP contribution in [0.3, 0.4) is 0 Å². The van der Waals surface area contributed by atoms with Crippen LogP contribution < -0.4 is 5.32 Å². The topological polar surface area (TPSA) is 32.3 Å². The fraction of sp³-hybridized carbons (Fsp3) is 0.571. The van der Waals surface area contributed by atoms with Gasteiger partial charge in [0.25, 0.3) is 6.43 Å². The van der Waals surface area contributed by atoms with Crippen LogP contribution in [0.4, 0.5) is 8.78 Å². The molecule has 1 unspecified atom stereocenters. The third kappa shape index (κ3) is 5.10. The van der Waals surface area contributed by atoms with Crippen molar-refractivity contribution >= 4 is 0 Å².